The van der Waals surface area contributed by atoms with Crippen LogP contribution < -0.4 is 0 Å². The molecule has 2 atom stereocenters. The number of likely N-dealkylation sites (tertiary alicyclic amines) is 4. The summed E-state index contributed by atoms with van der Waals surface area (Å²) in [6.45, 7) is 27.0. The van der Waals surface area contributed by atoms with Gasteiger partial charge in [0.15, 0.2) is 0 Å². The van der Waals surface area contributed by atoms with Gasteiger partial charge in [-0.15, -0.1) is 0 Å². The maximum atomic E-state index is 2.53. The first kappa shape index (κ1) is 43.9. The molecule has 0 bridgehead atoms. The monoisotopic (exact) mass is 599 g/mol. The summed E-state index contributed by atoms with van der Waals surface area (Å²) in [5, 5.41) is 0. The van der Waals surface area contributed by atoms with Crippen LogP contribution in [0.25, 0.3) is 0 Å². The van der Waals surface area contributed by atoms with Crippen LogP contribution in [-0.4, -0.2) is 149 Å². The van der Waals surface area contributed by atoms with E-state index in [-0.39, 0.29) is 0 Å². The Morgan fingerprint density at radius 1 is 0.571 bits per heavy atom. The van der Waals surface area contributed by atoms with Gasteiger partial charge in [0.05, 0.1) is 0 Å². The molecule has 6 nitrogen and oxygen atoms in total. The topological polar surface area (TPSA) is 19.4 Å². The summed E-state index contributed by atoms with van der Waals surface area (Å²) in [7, 11) is 14.9. The predicted octanol–water partition coefficient (Wildman–Crippen LogP) is 6.95. The van der Waals surface area contributed by atoms with Gasteiger partial charge in [-0.2, -0.15) is 0 Å². The lowest BCUT2D eigenvalue weighted by molar-refractivity contribution is 0.276. The summed E-state index contributed by atoms with van der Waals surface area (Å²) in [6, 6.07) is 3.16. The smallest absolute Gasteiger partial charge is 0.00643 e. The maximum absolute atomic E-state index is 2.53. The van der Waals surface area contributed by atoms with E-state index in [1.807, 2.05) is 0 Å². The van der Waals surface area contributed by atoms with Crippen LogP contribution in [0.2, 0.25) is 0 Å². The third-order valence-corrected chi connectivity index (χ3v) is 8.98. The molecule has 4 fully saturated rings. The van der Waals surface area contributed by atoms with Crippen molar-refractivity contribution < 1.29 is 0 Å². The van der Waals surface area contributed by atoms with Crippen molar-refractivity contribution in [1.29, 1.82) is 0 Å². The van der Waals surface area contributed by atoms with E-state index in [1.54, 1.807) is 0 Å². The molecule has 4 aliphatic heterocycles. The third kappa shape index (κ3) is 27.3. The number of nitrogens with zero attached hydrogens (tertiary/aromatic N) is 6. The van der Waals surface area contributed by atoms with Gasteiger partial charge in [0, 0.05) is 24.2 Å². The van der Waals surface area contributed by atoms with Crippen molar-refractivity contribution in [2.75, 3.05) is 95.1 Å². The van der Waals surface area contributed by atoms with E-state index < -0.39 is 0 Å². The number of piperidine rings is 1. The van der Waals surface area contributed by atoms with Crippen molar-refractivity contribution in [3.8, 4) is 0 Å². The van der Waals surface area contributed by atoms with Crippen molar-refractivity contribution >= 4 is 0 Å². The molecule has 6 heteroatoms. The van der Waals surface area contributed by atoms with E-state index >= 15 is 0 Å². The van der Waals surface area contributed by atoms with Gasteiger partial charge in [-0.05, 0) is 194 Å². The molecule has 0 aromatic heterocycles. The maximum Gasteiger partial charge on any atom is 0.00643 e. The standard InChI is InChI=1S/C7H15N.3C6H13N.C6H15N.C5H13N/c1-7(2)8-5-3-4-6-8;2*1-6-4-3-5-7(6)2;1-7-5-3-2-4-6-7;1-6(2)5-7(3)4;1-5(2)6(3)4/h7H,3-6H2,1-2H3;2*6H,3-5H2,1-2H3;2-6H2,1H3;6H,5H2,1-4H3;5H,1-4H3. The van der Waals surface area contributed by atoms with Gasteiger partial charge >= 0.3 is 0 Å². The van der Waals surface area contributed by atoms with Gasteiger partial charge in [0.25, 0.3) is 0 Å². The van der Waals surface area contributed by atoms with Gasteiger partial charge in [-0.3, -0.25) is 0 Å². The van der Waals surface area contributed by atoms with Crippen molar-refractivity contribution in [3.05, 3.63) is 0 Å². The van der Waals surface area contributed by atoms with Crippen LogP contribution in [0.5, 0.6) is 0 Å². The Kier molecular flexibility index (Phi) is 28.3. The van der Waals surface area contributed by atoms with Crippen LogP contribution in [0.15, 0.2) is 0 Å². The highest BCUT2D eigenvalue weighted by atomic mass is 15.2. The van der Waals surface area contributed by atoms with Gasteiger partial charge in [-0.1, -0.05) is 20.3 Å². The molecular weight excluding hydrogens is 516 g/mol. The zero-order valence-corrected chi connectivity index (χ0v) is 31.9. The second-order valence-corrected chi connectivity index (χ2v) is 14.9. The lowest BCUT2D eigenvalue weighted by atomic mass is 10.1. The first-order chi connectivity index (χ1) is 19.6. The normalized spacial score (nSPS) is 23.4. The molecule has 4 saturated heterocycles. The highest BCUT2D eigenvalue weighted by molar-refractivity contribution is 4.71. The zero-order valence-electron chi connectivity index (χ0n) is 31.9. The minimum Gasteiger partial charge on any atom is -0.309 e. The van der Waals surface area contributed by atoms with Crippen molar-refractivity contribution in [2.45, 2.75) is 137 Å². The molecule has 42 heavy (non-hydrogen) atoms. The summed E-state index contributed by atoms with van der Waals surface area (Å²) in [5.74, 6) is 0.801. The van der Waals surface area contributed by atoms with Crippen LogP contribution in [0.4, 0.5) is 0 Å². The van der Waals surface area contributed by atoms with Crippen LogP contribution in [0.1, 0.15) is 113 Å². The molecule has 4 rings (SSSR count). The molecule has 0 spiro atoms. The molecule has 0 aliphatic carbocycles. The summed E-state index contributed by atoms with van der Waals surface area (Å²) in [6.07, 6.45) is 12.7. The fourth-order valence-electron chi connectivity index (χ4n) is 5.19. The van der Waals surface area contributed by atoms with Gasteiger partial charge in [0.1, 0.15) is 0 Å². The summed E-state index contributed by atoms with van der Waals surface area (Å²) in [5.41, 5.74) is 0. The summed E-state index contributed by atoms with van der Waals surface area (Å²) >= 11 is 0. The molecule has 4 aliphatic rings. The van der Waals surface area contributed by atoms with Gasteiger partial charge < -0.3 is 29.4 Å². The van der Waals surface area contributed by atoms with E-state index in [4.69, 9.17) is 0 Å². The van der Waals surface area contributed by atoms with Crippen LogP contribution >= 0.6 is 0 Å². The molecule has 0 radical (unpaired) electrons. The first-order valence-corrected chi connectivity index (χ1v) is 17.7. The second-order valence-electron chi connectivity index (χ2n) is 14.9. The third-order valence-electron chi connectivity index (χ3n) is 8.98. The summed E-state index contributed by atoms with van der Waals surface area (Å²) < 4.78 is 0. The minimum absolute atomic E-state index is 0.685. The fourth-order valence-corrected chi connectivity index (χ4v) is 5.19. The van der Waals surface area contributed by atoms with Crippen molar-refractivity contribution in [3.63, 3.8) is 0 Å². The van der Waals surface area contributed by atoms with Gasteiger partial charge in [0.2, 0.25) is 0 Å². The Labute approximate surface area is 267 Å². The lowest BCUT2D eigenvalue weighted by Gasteiger charge is -2.20. The predicted molar refractivity (Wildman–Crippen MR) is 192 cm³/mol. The molecular formula is C36H82N6. The van der Waals surface area contributed by atoms with E-state index in [2.05, 4.69) is 134 Å². The largest absolute Gasteiger partial charge is 0.309 e. The Hall–Kier alpha value is -0.240. The number of hydrogen-bond donors (Lipinski definition) is 0. The average Bonchev–Trinajstić information content (AvgIpc) is 3.65. The molecule has 256 valence electrons. The molecule has 0 aromatic rings. The highest BCUT2D eigenvalue weighted by Gasteiger charge is 2.15. The SMILES string of the molecule is CC(C)CN(C)C.CC(C)N(C)C.CC(C)N1CCCC1.CC1CCCN1C.CC1CCCN1C.CN1CCCCC1. The fraction of sp³-hybridized carbons (Fsp3) is 1.00. The molecule has 0 aromatic carbocycles. The van der Waals surface area contributed by atoms with E-state index in [1.165, 1.54) is 104 Å². The van der Waals surface area contributed by atoms with E-state index in [9.17, 15) is 0 Å². The van der Waals surface area contributed by atoms with Crippen LogP contribution in [0.3, 0.4) is 0 Å². The average molecular weight is 599 g/mol. The second kappa shape index (κ2) is 27.1. The number of hydrogen-bond acceptors (Lipinski definition) is 6. The minimum atomic E-state index is 0.685. The highest BCUT2D eigenvalue weighted by Crippen LogP contribution is 2.13. The van der Waals surface area contributed by atoms with E-state index in [0.29, 0.717) is 6.04 Å². The zero-order chi connectivity index (χ0) is 32.7. The Balaban J connectivity index is 0. The van der Waals surface area contributed by atoms with Crippen molar-refractivity contribution in [1.82, 2.24) is 29.4 Å². The Morgan fingerprint density at radius 3 is 1.07 bits per heavy atom. The van der Waals surface area contributed by atoms with Crippen LogP contribution in [-0.2, 0) is 0 Å². The van der Waals surface area contributed by atoms with Crippen molar-refractivity contribution in [2.24, 2.45) is 5.92 Å². The summed E-state index contributed by atoms with van der Waals surface area (Å²) in [4.78, 5) is 14.1. The Morgan fingerprint density at radius 2 is 0.952 bits per heavy atom. The molecule has 2 unspecified atom stereocenters. The van der Waals surface area contributed by atoms with Gasteiger partial charge in [-0.25, -0.2) is 0 Å². The number of rotatable bonds is 4. The first-order valence-electron chi connectivity index (χ1n) is 17.7. The molecule has 0 saturated carbocycles. The Bertz CT molecular complexity index is 507. The molecule has 0 amide bonds. The molecule has 0 N–H and O–H groups in total. The quantitative estimate of drug-likeness (QED) is 0.346. The molecule has 4 heterocycles. The lowest BCUT2D eigenvalue weighted by Crippen LogP contribution is -2.26. The van der Waals surface area contributed by atoms with E-state index in [0.717, 1.165) is 24.0 Å². The van der Waals surface area contributed by atoms with Crippen LogP contribution in [0, 0.1) is 5.92 Å².